The van der Waals surface area contributed by atoms with Crippen LogP contribution in [0.5, 0.6) is 0 Å². The number of aromatic nitrogens is 1. The Balaban J connectivity index is 1.81. The highest BCUT2D eigenvalue weighted by atomic mass is 19.4. The lowest BCUT2D eigenvalue weighted by Gasteiger charge is -2.33. The number of nitrogens with one attached hydrogen (secondary N) is 1. The first-order valence-electron chi connectivity index (χ1n) is 9.00. The van der Waals surface area contributed by atoms with E-state index < -0.39 is 28.3 Å². The lowest BCUT2D eigenvalue weighted by molar-refractivity contribution is -0.384. The van der Waals surface area contributed by atoms with Crippen molar-refractivity contribution in [3.63, 3.8) is 0 Å². The average molecular weight is 408 g/mol. The summed E-state index contributed by atoms with van der Waals surface area (Å²) >= 11 is 0. The fourth-order valence-corrected chi connectivity index (χ4v) is 3.36. The molecular formula is C19H19F3N4O3. The smallest absolute Gasteiger partial charge is 0.365 e. The maximum absolute atomic E-state index is 12.9. The molecule has 1 aromatic heterocycles. The van der Waals surface area contributed by atoms with E-state index >= 15 is 0 Å². The first-order chi connectivity index (χ1) is 13.7. The topological polar surface area (TPSA) is 88.4 Å². The normalized spacial score (nSPS) is 17.1. The molecule has 1 aliphatic rings. The molecule has 0 aliphatic carbocycles. The van der Waals surface area contributed by atoms with Crippen LogP contribution in [0.15, 0.2) is 36.5 Å². The minimum absolute atomic E-state index is 0.0783. The molecule has 1 amide bonds. The van der Waals surface area contributed by atoms with Crippen molar-refractivity contribution in [1.29, 1.82) is 0 Å². The van der Waals surface area contributed by atoms with Crippen LogP contribution in [0, 0.1) is 23.0 Å². The van der Waals surface area contributed by atoms with Gasteiger partial charge in [-0.15, -0.1) is 0 Å². The molecule has 29 heavy (non-hydrogen) atoms. The van der Waals surface area contributed by atoms with Gasteiger partial charge in [0, 0.05) is 25.4 Å². The zero-order valence-corrected chi connectivity index (χ0v) is 15.6. The largest absolute Gasteiger partial charge is 0.416 e. The average Bonchev–Trinajstić information content (AvgIpc) is 2.68. The van der Waals surface area contributed by atoms with Crippen molar-refractivity contribution in [2.75, 3.05) is 23.3 Å². The number of hydrogen-bond acceptors (Lipinski definition) is 5. The number of pyridine rings is 1. The molecule has 1 aliphatic heterocycles. The van der Waals surface area contributed by atoms with Crippen molar-refractivity contribution < 1.29 is 22.9 Å². The third kappa shape index (κ3) is 4.64. The summed E-state index contributed by atoms with van der Waals surface area (Å²) in [4.78, 5) is 28.9. The molecule has 0 bridgehead atoms. The first-order valence-corrected chi connectivity index (χ1v) is 9.00. The van der Waals surface area contributed by atoms with Gasteiger partial charge in [0.2, 0.25) is 5.91 Å². The zero-order valence-electron chi connectivity index (χ0n) is 15.6. The number of carbonyl (C=O) groups is 1. The first kappa shape index (κ1) is 20.6. The molecule has 154 valence electrons. The number of amides is 1. The van der Waals surface area contributed by atoms with Gasteiger partial charge in [-0.3, -0.25) is 14.9 Å². The second kappa shape index (κ2) is 8.06. The van der Waals surface area contributed by atoms with Gasteiger partial charge in [0.25, 0.3) is 5.69 Å². The molecule has 1 fully saturated rings. The molecule has 0 saturated carbocycles. The van der Waals surface area contributed by atoms with Crippen LogP contribution >= 0.6 is 0 Å². The van der Waals surface area contributed by atoms with Crippen LogP contribution < -0.4 is 10.2 Å². The van der Waals surface area contributed by atoms with Crippen molar-refractivity contribution >= 4 is 23.1 Å². The Kier molecular flexibility index (Phi) is 5.71. The number of anilines is 2. The Morgan fingerprint density at radius 2 is 2.10 bits per heavy atom. The second-order valence-electron chi connectivity index (χ2n) is 6.90. The lowest BCUT2D eigenvalue weighted by Crippen LogP contribution is -2.41. The van der Waals surface area contributed by atoms with Crippen LogP contribution in [-0.4, -0.2) is 28.9 Å². The number of carbonyl (C=O) groups excluding carboxylic acids is 1. The van der Waals surface area contributed by atoms with Crippen LogP contribution in [0.25, 0.3) is 0 Å². The summed E-state index contributed by atoms with van der Waals surface area (Å²) in [6.07, 6.45) is -1.96. The molecule has 7 nitrogen and oxygen atoms in total. The molecule has 0 radical (unpaired) electrons. The van der Waals surface area contributed by atoms with Gasteiger partial charge < -0.3 is 10.2 Å². The molecule has 1 saturated heterocycles. The van der Waals surface area contributed by atoms with Crippen LogP contribution in [-0.2, 0) is 11.0 Å². The number of nitrogens with zero attached hydrogens (tertiary/aromatic N) is 3. The summed E-state index contributed by atoms with van der Waals surface area (Å²) in [5.41, 5.74) is -0.826. The highest BCUT2D eigenvalue weighted by Crippen LogP contribution is 2.37. The Morgan fingerprint density at radius 1 is 1.34 bits per heavy atom. The van der Waals surface area contributed by atoms with Gasteiger partial charge >= 0.3 is 6.18 Å². The molecule has 3 rings (SSSR count). The lowest BCUT2D eigenvalue weighted by atomic mass is 9.96. The van der Waals surface area contributed by atoms with Gasteiger partial charge in [-0.1, -0.05) is 6.07 Å². The number of nitro benzene ring substituents is 1. The third-order valence-corrected chi connectivity index (χ3v) is 4.88. The SMILES string of the molecule is Cc1cccnc1NC(=O)C1CCCN(c2ccc(C(F)(F)F)cc2[N+](=O)[O-])C1. The van der Waals surface area contributed by atoms with Gasteiger partial charge in [-0.25, -0.2) is 4.98 Å². The van der Waals surface area contributed by atoms with E-state index in [0.29, 0.717) is 31.3 Å². The summed E-state index contributed by atoms with van der Waals surface area (Å²) < 4.78 is 38.8. The quantitative estimate of drug-likeness (QED) is 0.606. The Bertz CT molecular complexity index is 933. The van der Waals surface area contributed by atoms with Gasteiger partial charge in [-0.05, 0) is 43.5 Å². The number of alkyl halides is 3. The summed E-state index contributed by atoms with van der Waals surface area (Å²) in [6.45, 7) is 2.39. The van der Waals surface area contributed by atoms with Crippen molar-refractivity contribution in [1.82, 2.24) is 4.98 Å². The summed E-state index contributed by atoms with van der Waals surface area (Å²) in [7, 11) is 0. The highest BCUT2D eigenvalue weighted by molar-refractivity contribution is 5.92. The number of rotatable bonds is 4. The fourth-order valence-electron chi connectivity index (χ4n) is 3.36. The molecule has 2 heterocycles. The van der Waals surface area contributed by atoms with E-state index in [-0.39, 0.29) is 18.1 Å². The van der Waals surface area contributed by atoms with Crippen LogP contribution in [0.1, 0.15) is 24.0 Å². The number of nitro groups is 1. The van der Waals surface area contributed by atoms with E-state index in [2.05, 4.69) is 10.3 Å². The van der Waals surface area contributed by atoms with E-state index in [4.69, 9.17) is 0 Å². The standard InChI is InChI=1S/C19H19F3N4O3/c1-12-4-2-8-23-17(12)24-18(27)13-5-3-9-25(11-13)15-7-6-14(19(20,21)22)10-16(15)26(28)29/h2,4,6-8,10,13H,3,5,9,11H2,1H3,(H,23,24,27). The summed E-state index contributed by atoms with van der Waals surface area (Å²) in [5, 5.41) is 14.1. The van der Waals surface area contributed by atoms with Crippen molar-refractivity contribution in [2.24, 2.45) is 5.92 Å². The predicted molar refractivity (Wildman–Crippen MR) is 101 cm³/mol. The molecule has 1 unspecified atom stereocenters. The van der Waals surface area contributed by atoms with Crippen molar-refractivity contribution in [3.05, 3.63) is 57.8 Å². The molecule has 1 aromatic carbocycles. The maximum atomic E-state index is 12.9. The van der Waals surface area contributed by atoms with Gasteiger partial charge in [0.15, 0.2) is 0 Å². The van der Waals surface area contributed by atoms with E-state index in [1.807, 2.05) is 0 Å². The minimum atomic E-state index is -4.67. The number of piperidine rings is 1. The summed E-state index contributed by atoms with van der Waals surface area (Å²) in [5.74, 6) is -0.298. The van der Waals surface area contributed by atoms with E-state index in [1.165, 1.54) is 0 Å². The monoisotopic (exact) mass is 408 g/mol. The summed E-state index contributed by atoms with van der Waals surface area (Å²) in [6, 6.07) is 6.02. The number of aryl methyl sites for hydroxylation is 1. The Morgan fingerprint density at radius 3 is 2.76 bits per heavy atom. The predicted octanol–water partition coefficient (Wildman–Crippen LogP) is 4.17. The molecule has 2 aromatic rings. The van der Waals surface area contributed by atoms with Gasteiger partial charge in [-0.2, -0.15) is 13.2 Å². The van der Waals surface area contributed by atoms with E-state index in [0.717, 1.165) is 17.7 Å². The Hall–Kier alpha value is -3.17. The van der Waals surface area contributed by atoms with E-state index in [1.54, 1.807) is 30.2 Å². The fraction of sp³-hybridized carbons (Fsp3) is 0.368. The molecule has 10 heteroatoms. The second-order valence-corrected chi connectivity index (χ2v) is 6.90. The molecular weight excluding hydrogens is 389 g/mol. The zero-order chi connectivity index (χ0) is 21.2. The maximum Gasteiger partial charge on any atom is 0.416 e. The number of benzene rings is 1. The number of hydrogen-bond donors (Lipinski definition) is 1. The van der Waals surface area contributed by atoms with Crippen molar-refractivity contribution in [3.8, 4) is 0 Å². The van der Waals surface area contributed by atoms with Crippen LogP contribution in [0.3, 0.4) is 0 Å². The van der Waals surface area contributed by atoms with Crippen LogP contribution in [0.2, 0.25) is 0 Å². The van der Waals surface area contributed by atoms with Gasteiger partial charge in [0.05, 0.1) is 16.4 Å². The molecule has 1 N–H and O–H groups in total. The highest BCUT2D eigenvalue weighted by Gasteiger charge is 2.35. The van der Waals surface area contributed by atoms with Gasteiger partial charge in [0.1, 0.15) is 11.5 Å². The molecule has 1 atom stereocenters. The Labute approximate surface area is 164 Å². The number of halogens is 3. The minimum Gasteiger partial charge on any atom is -0.365 e. The molecule has 0 spiro atoms. The van der Waals surface area contributed by atoms with E-state index in [9.17, 15) is 28.1 Å². The van der Waals surface area contributed by atoms with Crippen LogP contribution in [0.4, 0.5) is 30.4 Å². The van der Waals surface area contributed by atoms with Crippen molar-refractivity contribution in [2.45, 2.75) is 25.9 Å². The third-order valence-electron chi connectivity index (χ3n) is 4.88.